The molecular formula is C15H22N2O2. The second-order valence-corrected chi connectivity index (χ2v) is 5.58. The Morgan fingerprint density at radius 2 is 2.11 bits per heavy atom. The van der Waals surface area contributed by atoms with Gasteiger partial charge in [0.25, 0.3) is 0 Å². The SMILES string of the molecule is CC(C)CC1CN(c2ccc(C(=O)O)cc2)CCN1. The van der Waals surface area contributed by atoms with Crippen LogP contribution in [0.5, 0.6) is 0 Å². The number of carbonyl (C=O) groups is 1. The topological polar surface area (TPSA) is 52.6 Å². The van der Waals surface area contributed by atoms with E-state index in [1.54, 1.807) is 12.1 Å². The lowest BCUT2D eigenvalue weighted by molar-refractivity contribution is 0.0697. The van der Waals surface area contributed by atoms with Crippen molar-refractivity contribution >= 4 is 11.7 Å². The first-order valence-electron chi connectivity index (χ1n) is 6.88. The molecule has 4 nitrogen and oxygen atoms in total. The molecule has 1 heterocycles. The normalized spacial score (nSPS) is 19.7. The zero-order valence-corrected chi connectivity index (χ0v) is 11.6. The van der Waals surface area contributed by atoms with E-state index in [1.165, 1.54) is 6.42 Å². The highest BCUT2D eigenvalue weighted by molar-refractivity contribution is 5.88. The summed E-state index contributed by atoms with van der Waals surface area (Å²) in [5, 5.41) is 12.4. The standard InChI is InChI=1S/C15H22N2O2/c1-11(2)9-13-10-17(8-7-16-13)14-5-3-12(4-6-14)15(18)19/h3-6,11,13,16H,7-10H2,1-2H3,(H,18,19). The number of nitrogens with one attached hydrogen (secondary N) is 1. The minimum absolute atomic E-state index is 0.345. The van der Waals surface area contributed by atoms with Gasteiger partial charge >= 0.3 is 5.97 Å². The molecule has 0 aliphatic carbocycles. The van der Waals surface area contributed by atoms with Gasteiger partial charge in [0.1, 0.15) is 0 Å². The van der Waals surface area contributed by atoms with Crippen LogP contribution < -0.4 is 10.2 Å². The van der Waals surface area contributed by atoms with Crippen molar-refractivity contribution in [2.45, 2.75) is 26.3 Å². The monoisotopic (exact) mass is 262 g/mol. The summed E-state index contributed by atoms with van der Waals surface area (Å²) in [7, 11) is 0. The average molecular weight is 262 g/mol. The van der Waals surface area contributed by atoms with E-state index in [2.05, 4.69) is 24.1 Å². The first kappa shape index (κ1) is 13.9. The Hall–Kier alpha value is -1.55. The lowest BCUT2D eigenvalue weighted by atomic mass is 10.0. The van der Waals surface area contributed by atoms with Crippen LogP contribution in [0.3, 0.4) is 0 Å². The molecule has 0 saturated carbocycles. The van der Waals surface area contributed by atoms with Crippen molar-refractivity contribution in [2.24, 2.45) is 5.92 Å². The van der Waals surface area contributed by atoms with Crippen molar-refractivity contribution in [3.63, 3.8) is 0 Å². The zero-order valence-electron chi connectivity index (χ0n) is 11.6. The molecule has 1 saturated heterocycles. The molecule has 1 aliphatic rings. The van der Waals surface area contributed by atoms with E-state index >= 15 is 0 Å². The summed E-state index contributed by atoms with van der Waals surface area (Å²) in [6.07, 6.45) is 1.17. The van der Waals surface area contributed by atoms with Crippen molar-refractivity contribution in [1.82, 2.24) is 5.32 Å². The van der Waals surface area contributed by atoms with E-state index in [-0.39, 0.29) is 0 Å². The second-order valence-electron chi connectivity index (χ2n) is 5.58. The molecule has 19 heavy (non-hydrogen) atoms. The molecule has 1 unspecified atom stereocenters. The summed E-state index contributed by atoms with van der Waals surface area (Å²) in [6, 6.07) is 7.68. The fourth-order valence-electron chi connectivity index (χ4n) is 2.60. The Labute approximate surface area is 114 Å². The van der Waals surface area contributed by atoms with E-state index in [0.717, 1.165) is 25.3 Å². The molecule has 4 heteroatoms. The highest BCUT2D eigenvalue weighted by Crippen LogP contribution is 2.19. The third-order valence-corrected chi connectivity index (χ3v) is 3.49. The molecule has 0 bridgehead atoms. The van der Waals surface area contributed by atoms with Crippen LogP contribution in [0.4, 0.5) is 5.69 Å². The van der Waals surface area contributed by atoms with Gasteiger partial charge in [-0.05, 0) is 36.6 Å². The maximum absolute atomic E-state index is 10.8. The minimum Gasteiger partial charge on any atom is -0.478 e. The quantitative estimate of drug-likeness (QED) is 0.873. The Morgan fingerprint density at radius 1 is 1.42 bits per heavy atom. The van der Waals surface area contributed by atoms with Gasteiger partial charge in [-0.2, -0.15) is 0 Å². The van der Waals surface area contributed by atoms with Crippen LogP contribution in [0, 0.1) is 5.92 Å². The molecule has 2 N–H and O–H groups in total. The van der Waals surface area contributed by atoms with Crippen molar-refractivity contribution in [1.29, 1.82) is 0 Å². The van der Waals surface area contributed by atoms with Gasteiger partial charge in [0.05, 0.1) is 5.56 Å². The molecule has 2 rings (SSSR count). The van der Waals surface area contributed by atoms with Crippen LogP contribution in [0.2, 0.25) is 0 Å². The van der Waals surface area contributed by atoms with E-state index in [0.29, 0.717) is 17.5 Å². The number of nitrogens with zero attached hydrogens (tertiary/aromatic N) is 1. The van der Waals surface area contributed by atoms with Crippen LogP contribution in [0.15, 0.2) is 24.3 Å². The summed E-state index contributed by atoms with van der Waals surface area (Å²) < 4.78 is 0. The fraction of sp³-hybridized carbons (Fsp3) is 0.533. The van der Waals surface area contributed by atoms with Gasteiger partial charge in [0.15, 0.2) is 0 Å². The van der Waals surface area contributed by atoms with Crippen molar-refractivity contribution in [3.05, 3.63) is 29.8 Å². The van der Waals surface area contributed by atoms with E-state index in [9.17, 15) is 4.79 Å². The van der Waals surface area contributed by atoms with Gasteiger partial charge in [0, 0.05) is 31.4 Å². The van der Waals surface area contributed by atoms with Gasteiger partial charge in [-0.3, -0.25) is 0 Å². The van der Waals surface area contributed by atoms with Gasteiger partial charge in [0.2, 0.25) is 0 Å². The Morgan fingerprint density at radius 3 is 2.68 bits per heavy atom. The maximum Gasteiger partial charge on any atom is 0.335 e. The minimum atomic E-state index is -0.871. The first-order valence-corrected chi connectivity index (χ1v) is 6.88. The third-order valence-electron chi connectivity index (χ3n) is 3.49. The highest BCUT2D eigenvalue weighted by Gasteiger charge is 2.20. The van der Waals surface area contributed by atoms with Crippen LogP contribution in [0.1, 0.15) is 30.6 Å². The number of hydrogen-bond acceptors (Lipinski definition) is 3. The van der Waals surface area contributed by atoms with E-state index in [1.807, 2.05) is 12.1 Å². The average Bonchev–Trinajstić information content (AvgIpc) is 2.38. The molecule has 1 atom stereocenters. The van der Waals surface area contributed by atoms with E-state index in [4.69, 9.17) is 5.11 Å². The lowest BCUT2D eigenvalue weighted by Gasteiger charge is -2.36. The summed E-state index contributed by atoms with van der Waals surface area (Å²) in [5.74, 6) is -0.184. The largest absolute Gasteiger partial charge is 0.478 e. The summed E-state index contributed by atoms with van der Waals surface area (Å²) in [5.41, 5.74) is 1.46. The number of anilines is 1. The Balaban J connectivity index is 2.02. The fourth-order valence-corrected chi connectivity index (χ4v) is 2.60. The molecule has 1 fully saturated rings. The number of carboxylic acid groups (broad SMARTS) is 1. The number of rotatable bonds is 4. The van der Waals surface area contributed by atoms with Gasteiger partial charge in [-0.25, -0.2) is 4.79 Å². The lowest BCUT2D eigenvalue weighted by Crippen LogP contribution is -2.51. The predicted octanol–water partition coefficient (Wildman–Crippen LogP) is 2.21. The first-order chi connectivity index (χ1) is 9.06. The van der Waals surface area contributed by atoms with Crippen molar-refractivity contribution in [3.8, 4) is 0 Å². The van der Waals surface area contributed by atoms with Crippen LogP contribution in [0.25, 0.3) is 0 Å². The van der Waals surface area contributed by atoms with E-state index < -0.39 is 5.97 Å². The highest BCUT2D eigenvalue weighted by atomic mass is 16.4. The number of hydrogen-bond donors (Lipinski definition) is 2. The van der Waals surface area contributed by atoms with Crippen LogP contribution in [-0.4, -0.2) is 36.8 Å². The zero-order chi connectivity index (χ0) is 13.8. The van der Waals surface area contributed by atoms with Gasteiger partial charge in [-0.15, -0.1) is 0 Å². The Kier molecular flexibility index (Phi) is 4.43. The van der Waals surface area contributed by atoms with Crippen molar-refractivity contribution in [2.75, 3.05) is 24.5 Å². The van der Waals surface area contributed by atoms with Crippen molar-refractivity contribution < 1.29 is 9.90 Å². The predicted molar refractivity (Wildman–Crippen MR) is 76.9 cm³/mol. The summed E-state index contributed by atoms with van der Waals surface area (Å²) in [6.45, 7) is 7.42. The number of benzene rings is 1. The number of aromatic carboxylic acids is 1. The van der Waals surface area contributed by atoms with Gasteiger partial charge in [-0.1, -0.05) is 13.8 Å². The summed E-state index contributed by atoms with van der Waals surface area (Å²) >= 11 is 0. The molecule has 0 amide bonds. The molecule has 0 aromatic heterocycles. The summed E-state index contributed by atoms with van der Waals surface area (Å²) in [4.78, 5) is 13.2. The smallest absolute Gasteiger partial charge is 0.335 e. The maximum atomic E-state index is 10.8. The molecule has 0 spiro atoms. The molecular weight excluding hydrogens is 240 g/mol. The second kappa shape index (κ2) is 6.06. The van der Waals surface area contributed by atoms with Gasteiger partial charge < -0.3 is 15.3 Å². The van der Waals surface area contributed by atoms with Crippen LogP contribution in [-0.2, 0) is 0 Å². The number of carboxylic acids is 1. The Bertz CT molecular complexity index is 428. The molecule has 1 aromatic carbocycles. The molecule has 1 aliphatic heterocycles. The molecule has 1 aromatic rings. The van der Waals surface area contributed by atoms with Crippen LogP contribution >= 0.6 is 0 Å². The molecule has 0 radical (unpaired) electrons. The number of piperazine rings is 1. The third kappa shape index (κ3) is 3.70. The molecule has 104 valence electrons.